The smallest absolute Gasteiger partial charge is 0.159 e. The van der Waals surface area contributed by atoms with Crippen molar-refractivity contribution in [2.75, 3.05) is 0 Å². The predicted molar refractivity (Wildman–Crippen MR) is 100 cm³/mol. The van der Waals surface area contributed by atoms with E-state index in [0.29, 0.717) is 0 Å². The first-order valence-electron chi connectivity index (χ1n) is 10.6. The maximum atomic E-state index is 13.3. The quantitative estimate of drug-likeness (QED) is 0.505. The van der Waals surface area contributed by atoms with Crippen molar-refractivity contribution in [1.82, 2.24) is 0 Å². The van der Waals surface area contributed by atoms with Crippen molar-refractivity contribution in [3.63, 3.8) is 0 Å². The highest BCUT2D eigenvalue weighted by molar-refractivity contribution is 5.17. The Labute approximate surface area is 152 Å². The second-order valence-corrected chi connectivity index (χ2v) is 8.64. The average Bonchev–Trinajstić information content (AvgIpc) is 2.64. The Morgan fingerprint density at radius 3 is 1.84 bits per heavy atom. The van der Waals surface area contributed by atoms with Crippen molar-refractivity contribution < 1.29 is 8.78 Å². The van der Waals surface area contributed by atoms with Crippen LogP contribution in [0.2, 0.25) is 0 Å². The number of aryl methyl sites for hydroxylation is 1. The van der Waals surface area contributed by atoms with Crippen molar-refractivity contribution >= 4 is 0 Å². The van der Waals surface area contributed by atoms with E-state index in [1.165, 1.54) is 76.3 Å². The van der Waals surface area contributed by atoms with Gasteiger partial charge in [-0.2, -0.15) is 0 Å². The first-order valence-corrected chi connectivity index (χ1v) is 10.6. The Morgan fingerprint density at radius 1 is 0.760 bits per heavy atom. The Bertz CT molecular complexity index is 523. The minimum Gasteiger partial charge on any atom is -0.204 e. The lowest BCUT2D eigenvalue weighted by atomic mass is 9.68. The van der Waals surface area contributed by atoms with E-state index in [2.05, 4.69) is 6.92 Å². The van der Waals surface area contributed by atoms with Crippen molar-refractivity contribution in [1.29, 1.82) is 0 Å². The fraction of sp³-hybridized carbons (Fsp3) is 0.739. The SMILES string of the molecule is CCC[C@H]1CC[C@H](C2CCC(CCc3ccc(F)c(F)c3)CC2)CC1. The highest BCUT2D eigenvalue weighted by Gasteiger charge is 2.30. The Hall–Kier alpha value is -0.920. The van der Waals surface area contributed by atoms with Crippen LogP contribution in [0.1, 0.15) is 83.1 Å². The molecule has 25 heavy (non-hydrogen) atoms. The molecule has 2 heteroatoms. The van der Waals surface area contributed by atoms with Crippen LogP contribution in [0.15, 0.2) is 18.2 Å². The number of hydrogen-bond acceptors (Lipinski definition) is 0. The zero-order valence-corrected chi connectivity index (χ0v) is 15.8. The summed E-state index contributed by atoms with van der Waals surface area (Å²) < 4.78 is 26.3. The van der Waals surface area contributed by atoms with Gasteiger partial charge in [-0.25, -0.2) is 8.78 Å². The fourth-order valence-corrected chi connectivity index (χ4v) is 5.37. The molecule has 0 aromatic heterocycles. The first kappa shape index (κ1) is 18.9. The zero-order valence-electron chi connectivity index (χ0n) is 15.8. The van der Waals surface area contributed by atoms with E-state index in [-0.39, 0.29) is 0 Å². The molecule has 0 atom stereocenters. The summed E-state index contributed by atoms with van der Waals surface area (Å²) in [7, 11) is 0. The highest BCUT2D eigenvalue weighted by Crippen LogP contribution is 2.42. The second-order valence-electron chi connectivity index (χ2n) is 8.64. The lowest BCUT2D eigenvalue weighted by Gasteiger charge is -2.38. The molecule has 0 amide bonds. The third kappa shape index (κ3) is 5.28. The molecular weight excluding hydrogens is 314 g/mol. The molecule has 0 nitrogen and oxygen atoms in total. The molecule has 140 valence electrons. The minimum absolute atomic E-state index is 0.708. The highest BCUT2D eigenvalue weighted by atomic mass is 19.2. The second kappa shape index (κ2) is 9.14. The van der Waals surface area contributed by atoms with E-state index >= 15 is 0 Å². The first-order chi connectivity index (χ1) is 12.2. The molecule has 1 aromatic rings. The number of hydrogen-bond donors (Lipinski definition) is 0. The molecule has 0 saturated heterocycles. The molecule has 0 aliphatic heterocycles. The molecule has 0 heterocycles. The molecule has 2 fully saturated rings. The predicted octanol–water partition coefficient (Wildman–Crippen LogP) is 7.31. The molecule has 0 N–H and O–H groups in total. The van der Waals surface area contributed by atoms with Gasteiger partial charge in [0.15, 0.2) is 11.6 Å². The van der Waals surface area contributed by atoms with Gasteiger partial charge in [0.1, 0.15) is 0 Å². The van der Waals surface area contributed by atoms with E-state index < -0.39 is 11.6 Å². The molecule has 0 radical (unpaired) electrons. The maximum Gasteiger partial charge on any atom is 0.159 e. The third-order valence-corrected chi connectivity index (χ3v) is 6.97. The van der Waals surface area contributed by atoms with Gasteiger partial charge in [-0.15, -0.1) is 0 Å². The summed E-state index contributed by atoms with van der Waals surface area (Å²) in [6.07, 6.45) is 16.1. The van der Waals surface area contributed by atoms with E-state index in [0.717, 1.165) is 42.1 Å². The minimum atomic E-state index is -0.738. The maximum absolute atomic E-state index is 13.3. The van der Waals surface area contributed by atoms with Crippen LogP contribution in [0, 0.1) is 35.3 Å². The van der Waals surface area contributed by atoms with Crippen LogP contribution < -0.4 is 0 Å². The standard InChI is InChI=1S/C23H34F2/c1-2-3-17-6-11-20(12-7-17)21-13-8-18(9-14-21)4-5-19-10-15-22(24)23(25)16-19/h10,15-18,20-21H,2-9,11-14H2,1H3/t17-,18?,20-,21?. The van der Waals surface area contributed by atoms with E-state index in [4.69, 9.17) is 0 Å². The molecule has 1 aromatic carbocycles. The van der Waals surface area contributed by atoms with Crippen LogP contribution >= 0.6 is 0 Å². The summed E-state index contributed by atoms with van der Waals surface area (Å²) in [5.74, 6) is 2.29. The normalized spacial score (nSPS) is 30.4. The van der Waals surface area contributed by atoms with Crippen molar-refractivity contribution in [2.45, 2.75) is 84.0 Å². The van der Waals surface area contributed by atoms with Gasteiger partial charge < -0.3 is 0 Å². The average molecular weight is 349 g/mol. The van der Waals surface area contributed by atoms with Gasteiger partial charge in [-0.1, -0.05) is 51.5 Å². The van der Waals surface area contributed by atoms with Gasteiger partial charge in [0.2, 0.25) is 0 Å². The molecule has 0 unspecified atom stereocenters. The lowest BCUT2D eigenvalue weighted by Crippen LogP contribution is -2.26. The van der Waals surface area contributed by atoms with Crippen LogP contribution in [0.5, 0.6) is 0 Å². The summed E-state index contributed by atoms with van der Waals surface area (Å²) in [4.78, 5) is 0. The van der Waals surface area contributed by atoms with Crippen LogP contribution in [0.4, 0.5) is 8.78 Å². The lowest BCUT2D eigenvalue weighted by molar-refractivity contribution is 0.141. The van der Waals surface area contributed by atoms with Crippen LogP contribution in [-0.4, -0.2) is 0 Å². The third-order valence-electron chi connectivity index (χ3n) is 6.97. The molecule has 2 aliphatic rings. The van der Waals surface area contributed by atoms with E-state index in [9.17, 15) is 8.78 Å². The summed E-state index contributed by atoms with van der Waals surface area (Å²) in [5.41, 5.74) is 0.940. The summed E-state index contributed by atoms with van der Waals surface area (Å²) in [6.45, 7) is 2.31. The van der Waals surface area contributed by atoms with Gasteiger partial charge in [0.05, 0.1) is 0 Å². The topological polar surface area (TPSA) is 0 Å². The number of rotatable bonds is 6. The largest absolute Gasteiger partial charge is 0.204 e. The summed E-state index contributed by atoms with van der Waals surface area (Å²) >= 11 is 0. The number of benzene rings is 1. The molecule has 0 bridgehead atoms. The molecule has 3 rings (SSSR count). The van der Waals surface area contributed by atoms with Crippen molar-refractivity contribution in [3.8, 4) is 0 Å². The van der Waals surface area contributed by atoms with Gasteiger partial charge in [-0.05, 0) is 79.9 Å². The van der Waals surface area contributed by atoms with Crippen LogP contribution in [0.25, 0.3) is 0 Å². The van der Waals surface area contributed by atoms with Gasteiger partial charge >= 0.3 is 0 Å². The Kier molecular flexibility index (Phi) is 6.90. The summed E-state index contributed by atoms with van der Waals surface area (Å²) in [5, 5.41) is 0. The molecular formula is C23H34F2. The van der Waals surface area contributed by atoms with E-state index in [1.807, 2.05) is 0 Å². The Morgan fingerprint density at radius 2 is 1.32 bits per heavy atom. The van der Waals surface area contributed by atoms with Crippen LogP contribution in [-0.2, 0) is 6.42 Å². The van der Waals surface area contributed by atoms with Crippen molar-refractivity contribution in [3.05, 3.63) is 35.4 Å². The van der Waals surface area contributed by atoms with Crippen LogP contribution in [0.3, 0.4) is 0 Å². The molecule has 0 spiro atoms. The molecule has 2 saturated carbocycles. The number of halogens is 2. The van der Waals surface area contributed by atoms with Gasteiger partial charge in [0, 0.05) is 0 Å². The summed E-state index contributed by atoms with van der Waals surface area (Å²) in [6, 6.07) is 4.37. The zero-order chi connectivity index (χ0) is 17.6. The van der Waals surface area contributed by atoms with Crippen molar-refractivity contribution in [2.24, 2.45) is 23.7 Å². The van der Waals surface area contributed by atoms with Gasteiger partial charge in [0.25, 0.3) is 0 Å². The molecule has 2 aliphatic carbocycles. The monoisotopic (exact) mass is 348 g/mol. The van der Waals surface area contributed by atoms with Gasteiger partial charge in [-0.3, -0.25) is 0 Å². The van der Waals surface area contributed by atoms with E-state index in [1.54, 1.807) is 6.07 Å². The fourth-order valence-electron chi connectivity index (χ4n) is 5.37. The Balaban J connectivity index is 1.38.